The van der Waals surface area contributed by atoms with Gasteiger partial charge in [-0.3, -0.25) is 4.79 Å². The number of carbonyl (C=O) groups excluding carboxylic acids is 1. The Morgan fingerprint density at radius 2 is 2.03 bits per heavy atom. The first-order valence-electron chi connectivity index (χ1n) is 10.7. The van der Waals surface area contributed by atoms with Crippen molar-refractivity contribution in [1.29, 1.82) is 0 Å². The Bertz CT molecular complexity index is 1230. The molecule has 11 heteroatoms. The highest BCUT2D eigenvalue weighted by atomic mass is 32.2. The topological polar surface area (TPSA) is 106 Å². The number of hydrogen-bond acceptors (Lipinski definition) is 6. The van der Waals surface area contributed by atoms with E-state index in [1.807, 2.05) is 0 Å². The van der Waals surface area contributed by atoms with Gasteiger partial charge in [0.2, 0.25) is 15.9 Å². The number of sulfonamides is 1. The molecule has 3 aromatic rings. The number of halogens is 1. The molecule has 9 nitrogen and oxygen atoms in total. The molecule has 2 heterocycles. The zero-order valence-electron chi connectivity index (χ0n) is 18.3. The second-order valence-corrected chi connectivity index (χ2v) is 9.94. The van der Waals surface area contributed by atoms with E-state index in [-0.39, 0.29) is 29.7 Å². The van der Waals surface area contributed by atoms with Crippen molar-refractivity contribution in [3.05, 3.63) is 53.8 Å². The number of hydrogen-bond donors (Lipinski definition) is 1. The Labute approximate surface area is 191 Å². The zero-order valence-corrected chi connectivity index (χ0v) is 19.1. The van der Waals surface area contributed by atoms with Gasteiger partial charge in [0.1, 0.15) is 11.3 Å². The van der Waals surface area contributed by atoms with Crippen LogP contribution in [0.5, 0.6) is 0 Å². The minimum Gasteiger partial charge on any atom is -0.383 e. The monoisotopic (exact) mass is 475 g/mol. The molecule has 1 aromatic heterocycles. The molecule has 1 unspecified atom stereocenters. The lowest BCUT2D eigenvalue weighted by molar-refractivity contribution is -0.126. The van der Waals surface area contributed by atoms with E-state index in [9.17, 15) is 17.6 Å². The third-order valence-electron chi connectivity index (χ3n) is 5.77. The van der Waals surface area contributed by atoms with Crippen LogP contribution in [0, 0.1) is 11.7 Å². The largest absolute Gasteiger partial charge is 0.383 e. The van der Waals surface area contributed by atoms with E-state index in [4.69, 9.17) is 4.74 Å². The van der Waals surface area contributed by atoms with Gasteiger partial charge >= 0.3 is 0 Å². The number of rotatable bonds is 8. The second-order valence-electron chi connectivity index (χ2n) is 8.00. The van der Waals surface area contributed by atoms with Gasteiger partial charge in [-0.2, -0.15) is 4.31 Å². The summed E-state index contributed by atoms with van der Waals surface area (Å²) in [6.45, 7) is 1.70. The minimum atomic E-state index is -3.79. The van der Waals surface area contributed by atoms with Gasteiger partial charge < -0.3 is 10.1 Å². The number of piperidine rings is 1. The van der Waals surface area contributed by atoms with Crippen LogP contribution in [-0.4, -0.2) is 60.4 Å². The van der Waals surface area contributed by atoms with Gasteiger partial charge in [-0.05, 0) is 48.7 Å². The third-order valence-corrected chi connectivity index (χ3v) is 7.63. The lowest BCUT2D eigenvalue weighted by Crippen LogP contribution is -2.45. The van der Waals surface area contributed by atoms with Crippen molar-refractivity contribution in [2.45, 2.75) is 30.8 Å². The fourth-order valence-corrected chi connectivity index (χ4v) is 5.46. The molecular formula is C22H26FN5O4S. The molecule has 4 rings (SSSR count). The van der Waals surface area contributed by atoms with Crippen LogP contribution in [0.2, 0.25) is 0 Å². The SMILES string of the molecule is COCCn1nnc2cc(S(=O)(=O)N3CCCC(C(=O)NCc4ccc(F)cc4)C3)ccc21. The molecule has 0 spiro atoms. The van der Waals surface area contributed by atoms with Crippen LogP contribution in [0.4, 0.5) is 4.39 Å². The molecule has 0 radical (unpaired) electrons. The molecule has 1 atom stereocenters. The maximum absolute atomic E-state index is 13.3. The van der Waals surface area contributed by atoms with E-state index in [0.717, 1.165) is 11.1 Å². The van der Waals surface area contributed by atoms with Crippen molar-refractivity contribution in [3.8, 4) is 0 Å². The van der Waals surface area contributed by atoms with Crippen molar-refractivity contribution < 1.29 is 22.3 Å². The van der Waals surface area contributed by atoms with E-state index >= 15 is 0 Å². The fraction of sp³-hybridized carbons (Fsp3) is 0.409. The molecule has 1 fully saturated rings. The van der Waals surface area contributed by atoms with Crippen molar-refractivity contribution in [1.82, 2.24) is 24.6 Å². The summed E-state index contributed by atoms with van der Waals surface area (Å²) in [6.07, 6.45) is 1.19. The van der Waals surface area contributed by atoms with Crippen LogP contribution in [0.15, 0.2) is 47.4 Å². The number of amides is 1. The molecule has 1 saturated heterocycles. The van der Waals surface area contributed by atoms with E-state index in [1.165, 1.54) is 22.5 Å². The summed E-state index contributed by atoms with van der Waals surface area (Å²) in [5, 5.41) is 11.0. The van der Waals surface area contributed by atoms with Crippen molar-refractivity contribution in [2.75, 3.05) is 26.8 Å². The first-order valence-corrected chi connectivity index (χ1v) is 12.2. The van der Waals surface area contributed by atoms with Crippen LogP contribution in [0.3, 0.4) is 0 Å². The highest BCUT2D eigenvalue weighted by Gasteiger charge is 2.33. The molecule has 2 aromatic carbocycles. The summed E-state index contributed by atoms with van der Waals surface area (Å²) in [4.78, 5) is 12.8. The molecule has 0 aliphatic carbocycles. The summed E-state index contributed by atoms with van der Waals surface area (Å²) in [5.41, 5.74) is 1.98. The number of fused-ring (bicyclic) bond motifs is 1. The quantitative estimate of drug-likeness (QED) is 0.534. The van der Waals surface area contributed by atoms with Crippen molar-refractivity contribution in [2.24, 2.45) is 5.92 Å². The van der Waals surface area contributed by atoms with Gasteiger partial charge in [-0.15, -0.1) is 5.10 Å². The van der Waals surface area contributed by atoms with Gasteiger partial charge in [0.05, 0.1) is 29.5 Å². The van der Waals surface area contributed by atoms with Gasteiger partial charge in [0.15, 0.2) is 0 Å². The lowest BCUT2D eigenvalue weighted by Gasteiger charge is -2.31. The average Bonchev–Trinajstić information content (AvgIpc) is 3.24. The first kappa shape index (κ1) is 23.3. The van der Waals surface area contributed by atoms with E-state index in [2.05, 4.69) is 15.6 Å². The third kappa shape index (κ3) is 5.21. The van der Waals surface area contributed by atoms with Crippen LogP contribution in [0.1, 0.15) is 18.4 Å². The van der Waals surface area contributed by atoms with Gasteiger partial charge in [0, 0.05) is 26.7 Å². The fourth-order valence-electron chi connectivity index (χ4n) is 3.91. The van der Waals surface area contributed by atoms with Crippen LogP contribution >= 0.6 is 0 Å². The Morgan fingerprint density at radius 1 is 1.24 bits per heavy atom. The predicted molar refractivity (Wildman–Crippen MR) is 119 cm³/mol. The Balaban J connectivity index is 1.44. The van der Waals surface area contributed by atoms with Gasteiger partial charge in [0.25, 0.3) is 0 Å². The molecule has 0 saturated carbocycles. The summed E-state index contributed by atoms with van der Waals surface area (Å²) >= 11 is 0. The number of methoxy groups -OCH3 is 1. The van der Waals surface area contributed by atoms with E-state index in [0.29, 0.717) is 38.1 Å². The normalized spacial score (nSPS) is 17.3. The summed E-state index contributed by atoms with van der Waals surface area (Å²) in [5.74, 6) is -1.00. The maximum Gasteiger partial charge on any atom is 0.243 e. The van der Waals surface area contributed by atoms with Crippen LogP contribution in [0.25, 0.3) is 11.0 Å². The zero-order chi connectivity index (χ0) is 23.4. The Morgan fingerprint density at radius 3 is 2.79 bits per heavy atom. The maximum atomic E-state index is 13.3. The lowest BCUT2D eigenvalue weighted by atomic mass is 9.99. The number of aromatic nitrogens is 3. The molecule has 1 aliphatic rings. The summed E-state index contributed by atoms with van der Waals surface area (Å²) in [6, 6.07) is 10.6. The smallest absolute Gasteiger partial charge is 0.243 e. The molecule has 1 amide bonds. The molecule has 0 bridgehead atoms. The van der Waals surface area contributed by atoms with Crippen LogP contribution in [-0.2, 0) is 32.6 Å². The highest BCUT2D eigenvalue weighted by Crippen LogP contribution is 2.26. The second kappa shape index (κ2) is 9.94. The Kier molecular flexibility index (Phi) is 7.01. The number of nitrogens with zero attached hydrogens (tertiary/aromatic N) is 4. The highest BCUT2D eigenvalue weighted by molar-refractivity contribution is 7.89. The molecule has 33 heavy (non-hydrogen) atoms. The first-order chi connectivity index (χ1) is 15.9. The predicted octanol–water partition coefficient (Wildman–Crippen LogP) is 1.93. The van der Waals surface area contributed by atoms with E-state index in [1.54, 1.807) is 36.1 Å². The number of benzene rings is 2. The number of ether oxygens (including phenoxy) is 1. The standard InChI is InChI=1S/C22H26FN5O4S/c1-32-12-11-28-21-9-8-19(13-20(21)25-26-28)33(30,31)27-10-2-3-17(15-27)22(29)24-14-16-4-6-18(23)7-5-16/h4-9,13,17H,2-3,10-12,14-15H2,1H3,(H,24,29). The van der Waals surface area contributed by atoms with E-state index < -0.39 is 15.9 Å². The molecular weight excluding hydrogens is 449 g/mol. The van der Waals surface area contributed by atoms with Gasteiger partial charge in [-0.25, -0.2) is 17.5 Å². The minimum absolute atomic E-state index is 0.107. The molecule has 1 aliphatic heterocycles. The number of carbonyl (C=O) groups is 1. The Hall–Kier alpha value is -2.89. The van der Waals surface area contributed by atoms with Crippen LogP contribution < -0.4 is 5.32 Å². The summed E-state index contributed by atoms with van der Waals surface area (Å²) in [7, 11) is -2.19. The molecule has 1 N–H and O–H groups in total. The van der Waals surface area contributed by atoms with Crippen molar-refractivity contribution in [3.63, 3.8) is 0 Å². The van der Waals surface area contributed by atoms with Crippen molar-refractivity contribution >= 4 is 27.0 Å². The average molecular weight is 476 g/mol. The number of nitrogens with one attached hydrogen (secondary N) is 1. The summed E-state index contributed by atoms with van der Waals surface area (Å²) < 4.78 is 47.7. The van der Waals surface area contributed by atoms with Gasteiger partial charge in [-0.1, -0.05) is 17.3 Å². The molecule has 176 valence electrons.